The number of rotatable bonds is 4. The molecular formula is C18H16O. The number of carbonyl (C=O) groups excluding carboxylic acids is 1. The average Bonchev–Trinajstić information content (AvgIpc) is 2.63. The number of hydrogen-bond donors (Lipinski definition) is 0. The molecule has 19 heavy (non-hydrogen) atoms. The van der Waals surface area contributed by atoms with E-state index in [1.165, 1.54) is 16.7 Å². The van der Waals surface area contributed by atoms with Crippen LogP contribution < -0.4 is 0 Å². The van der Waals surface area contributed by atoms with Crippen molar-refractivity contribution in [2.45, 2.75) is 6.92 Å². The third-order valence-electron chi connectivity index (χ3n) is 2.90. The van der Waals surface area contributed by atoms with Crippen LogP contribution in [0.4, 0.5) is 0 Å². The van der Waals surface area contributed by atoms with Crippen LogP contribution in [0.1, 0.15) is 12.5 Å². The normalized spacial score (nSPS) is 12.6. The van der Waals surface area contributed by atoms with Crippen molar-refractivity contribution >= 4 is 12.4 Å². The quantitative estimate of drug-likeness (QED) is 0.442. The van der Waals surface area contributed by atoms with Gasteiger partial charge in [-0.1, -0.05) is 66.8 Å². The maximum absolute atomic E-state index is 10.3. The molecule has 0 fully saturated rings. The molecule has 0 saturated heterocycles. The first kappa shape index (κ1) is 13.0. The number of hydrogen-bond acceptors (Lipinski definition) is 1. The van der Waals surface area contributed by atoms with Gasteiger partial charge in [0.1, 0.15) is 6.29 Å². The second-order valence-corrected chi connectivity index (χ2v) is 4.33. The zero-order valence-corrected chi connectivity index (χ0v) is 10.9. The highest BCUT2D eigenvalue weighted by atomic mass is 16.1. The average molecular weight is 248 g/mol. The van der Waals surface area contributed by atoms with Gasteiger partial charge in [-0.2, -0.15) is 0 Å². The zero-order chi connectivity index (χ0) is 13.5. The van der Waals surface area contributed by atoms with E-state index in [0.717, 1.165) is 11.9 Å². The van der Waals surface area contributed by atoms with Crippen molar-refractivity contribution in [1.82, 2.24) is 0 Å². The molecule has 1 heteroatoms. The van der Waals surface area contributed by atoms with Gasteiger partial charge < -0.3 is 0 Å². The van der Waals surface area contributed by atoms with Gasteiger partial charge in [-0.3, -0.25) is 4.79 Å². The Bertz CT molecular complexity index is 617. The molecule has 0 saturated carbocycles. The van der Waals surface area contributed by atoms with Crippen LogP contribution in [-0.2, 0) is 4.79 Å². The molecule has 0 aromatic heterocycles. The van der Waals surface area contributed by atoms with Crippen LogP contribution in [-0.4, -0.2) is 6.29 Å². The van der Waals surface area contributed by atoms with Gasteiger partial charge in [0.2, 0.25) is 0 Å². The van der Waals surface area contributed by atoms with E-state index in [-0.39, 0.29) is 0 Å². The predicted octanol–water partition coefficient (Wildman–Crippen LogP) is 4.51. The van der Waals surface area contributed by atoms with Crippen molar-refractivity contribution in [3.8, 4) is 11.1 Å². The molecule has 2 rings (SSSR count). The molecule has 2 aliphatic rings. The maximum Gasteiger partial charge on any atom is 0.143 e. The predicted molar refractivity (Wildman–Crippen MR) is 81.1 cm³/mol. The lowest BCUT2D eigenvalue weighted by Crippen LogP contribution is -1.71. The first-order chi connectivity index (χ1) is 9.31. The molecule has 0 N–H and O–H groups in total. The Kier molecular flexibility index (Phi) is 4.46. The molecule has 1 nitrogen and oxygen atoms in total. The van der Waals surface area contributed by atoms with Gasteiger partial charge in [-0.05, 0) is 35.3 Å². The van der Waals surface area contributed by atoms with Crippen molar-refractivity contribution in [2.24, 2.45) is 0 Å². The molecule has 0 heterocycles. The molecule has 2 aliphatic carbocycles. The second kappa shape index (κ2) is 6.50. The summed E-state index contributed by atoms with van der Waals surface area (Å²) in [6.45, 7) is 1.90. The topological polar surface area (TPSA) is 17.1 Å². The van der Waals surface area contributed by atoms with Crippen LogP contribution in [0.3, 0.4) is 0 Å². The van der Waals surface area contributed by atoms with E-state index in [4.69, 9.17) is 0 Å². The summed E-state index contributed by atoms with van der Waals surface area (Å²) in [5, 5.41) is 0. The van der Waals surface area contributed by atoms with E-state index in [1.807, 2.05) is 43.4 Å². The molecular weight excluding hydrogens is 232 g/mol. The summed E-state index contributed by atoms with van der Waals surface area (Å²) in [5.74, 6) is 0. The van der Waals surface area contributed by atoms with Crippen molar-refractivity contribution in [3.05, 3.63) is 77.9 Å². The largest absolute Gasteiger partial charge is 0.299 e. The number of carbonyl (C=O) groups is 1. The van der Waals surface area contributed by atoms with Gasteiger partial charge in [-0.25, -0.2) is 0 Å². The van der Waals surface area contributed by atoms with Gasteiger partial charge >= 0.3 is 0 Å². The summed E-state index contributed by atoms with van der Waals surface area (Å²) >= 11 is 0. The highest BCUT2D eigenvalue weighted by molar-refractivity contribution is 5.78. The highest BCUT2D eigenvalue weighted by Gasteiger charge is 2.03. The van der Waals surface area contributed by atoms with E-state index < -0.39 is 0 Å². The molecule has 94 valence electrons. The van der Waals surface area contributed by atoms with Gasteiger partial charge in [0.05, 0.1) is 0 Å². The number of fused-ring (bicyclic) bond motifs is 1. The number of aldehydes is 1. The van der Waals surface area contributed by atoms with Crippen LogP contribution in [0.5, 0.6) is 0 Å². The van der Waals surface area contributed by atoms with Gasteiger partial charge in [0.25, 0.3) is 0 Å². The molecule has 0 unspecified atom stereocenters. The third kappa shape index (κ3) is 3.52. The monoisotopic (exact) mass is 248 g/mol. The van der Waals surface area contributed by atoms with Crippen LogP contribution in [0, 0.1) is 0 Å². The minimum absolute atomic E-state index is 0.800. The van der Waals surface area contributed by atoms with E-state index in [9.17, 15) is 4.79 Å². The SMILES string of the molecule is CC(C=CC=Cc1ccc2cccccc1-2)=CC=O. The Morgan fingerprint density at radius 2 is 1.84 bits per heavy atom. The molecule has 0 bridgehead atoms. The summed E-state index contributed by atoms with van der Waals surface area (Å²) in [5.41, 5.74) is 4.63. The first-order valence-corrected chi connectivity index (χ1v) is 6.26. The Labute approximate surface area is 113 Å². The summed E-state index contributed by atoms with van der Waals surface area (Å²) in [6, 6.07) is 14.6. The minimum Gasteiger partial charge on any atom is -0.299 e. The molecule has 0 spiro atoms. The molecule has 0 aliphatic heterocycles. The smallest absolute Gasteiger partial charge is 0.143 e. The molecule has 0 atom stereocenters. The maximum atomic E-state index is 10.3. The first-order valence-electron chi connectivity index (χ1n) is 6.26. The van der Waals surface area contributed by atoms with Crippen LogP contribution >= 0.6 is 0 Å². The minimum atomic E-state index is 0.800. The van der Waals surface area contributed by atoms with Gasteiger partial charge in [0.15, 0.2) is 0 Å². The lowest BCUT2D eigenvalue weighted by Gasteiger charge is -1.94. The molecule has 0 amide bonds. The fourth-order valence-corrected chi connectivity index (χ4v) is 1.91. The Hall–Kier alpha value is -2.41. The summed E-state index contributed by atoms with van der Waals surface area (Å²) in [7, 11) is 0. The van der Waals surface area contributed by atoms with Crippen molar-refractivity contribution < 1.29 is 4.79 Å². The van der Waals surface area contributed by atoms with Crippen molar-refractivity contribution in [1.29, 1.82) is 0 Å². The molecule has 0 radical (unpaired) electrons. The van der Waals surface area contributed by atoms with Gasteiger partial charge in [0, 0.05) is 0 Å². The molecule has 0 aromatic rings. The summed E-state index contributed by atoms with van der Waals surface area (Å²) in [4.78, 5) is 10.3. The Balaban J connectivity index is 2.15. The van der Waals surface area contributed by atoms with Crippen LogP contribution in [0.15, 0.2) is 72.3 Å². The van der Waals surface area contributed by atoms with Crippen molar-refractivity contribution in [2.75, 3.05) is 0 Å². The number of allylic oxidation sites excluding steroid dienone is 5. The fourth-order valence-electron chi connectivity index (χ4n) is 1.91. The van der Waals surface area contributed by atoms with Crippen LogP contribution in [0.2, 0.25) is 0 Å². The molecule has 0 aromatic carbocycles. The second-order valence-electron chi connectivity index (χ2n) is 4.33. The van der Waals surface area contributed by atoms with Crippen LogP contribution in [0.25, 0.3) is 17.2 Å². The standard InChI is InChI=1S/C18H16O/c1-15(13-14-19)7-5-6-9-17-12-11-16-8-3-2-4-10-18(16)17/h2-14H,1H3. The van der Waals surface area contributed by atoms with E-state index >= 15 is 0 Å². The fraction of sp³-hybridized carbons (Fsp3) is 0.0556. The van der Waals surface area contributed by atoms with Crippen molar-refractivity contribution in [3.63, 3.8) is 0 Å². The lowest BCUT2D eigenvalue weighted by molar-refractivity contribution is -0.104. The highest BCUT2D eigenvalue weighted by Crippen LogP contribution is 2.27. The zero-order valence-electron chi connectivity index (χ0n) is 10.9. The Morgan fingerprint density at radius 3 is 2.68 bits per heavy atom. The van der Waals surface area contributed by atoms with E-state index in [0.29, 0.717) is 0 Å². The summed E-state index contributed by atoms with van der Waals surface area (Å²) < 4.78 is 0. The summed E-state index contributed by atoms with van der Waals surface area (Å²) in [6.07, 6.45) is 10.3. The third-order valence-corrected chi connectivity index (χ3v) is 2.90. The van der Waals surface area contributed by atoms with E-state index in [1.54, 1.807) is 6.08 Å². The van der Waals surface area contributed by atoms with Gasteiger partial charge in [-0.15, -0.1) is 0 Å². The lowest BCUT2D eigenvalue weighted by atomic mass is 10.1. The Morgan fingerprint density at radius 1 is 1.00 bits per heavy atom. The van der Waals surface area contributed by atoms with E-state index in [2.05, 4.69) is 30.3 Å².